The number of nitrogens with one attached hydrogen (secondary N) is 2. The molecule has 228 valence electrons. The number of benzene rings is 1. The highest BCUT2D eigenvalue weighted by Crippen LogP contribution is 2.47. The first-order chi connectivity index (χ1) is 19.7. The van der Waals surface area contributed by atoms with Crippen molar-refractivity contribution >= 4 is 29.6 Å². The lowest BCUT2D eigenvalue weighted by Gasteiger charge is -2.35. The number of ether oxygens (including phenoxy) is 1. The van der Waals surface area contributed by atoms with E-state index in [1.54, 1.807) is 25.7 Å². The van der Waals surface area contributed by atoms with E-state index in [1.807, 2.05) is 37.3 Å². The number of Topliss-reactive ketones (excluding diaryl/α,β-unsaturated/α-hetero) is 1. The van der Waals surface area contributed by atoms with Gasteiger partial charge in [0.05, 0.1) is 6.04 Å². The lowest BCUT2D eigenvalue weighted by Crippen LogP contribution is -2.59. The van der Waals surface area contributed by atoms with Gasteiger partial charge in [-0.3, -0.25) is 19.2 Å². The minimum Gasteiger partial charge on any atom is -0.444 e. The monoisotopic (exact) mass is 580 g/mol. The third-order valence-electron chi connectivity index (χ3n) is 8.54. The van der Waals surface area contributed by atoms with Gasteiger partial charge in [-0.2, -0.15) is 0 Å². The number of hydrogen-bond donors (Lipinski definition) is 3. The molecule has 4 amide bonds. The van der Waals surface area contributed by atoms with Gasteiger partial charge in [-0.1, -0.05) is 63.1 Å². The number of carbonyl (C=O) groups excluding carboxylic acids is 5. The van der Waals surface area contributed by atoms with E-state index in [0.717, 1.165) is 11.1 Å². The summed E-state index contributed by atoms with van der Waals surface area (Å²) in [5.74, 6) is -3.08. The summed E-state index contributed by atoms with van der Waals surface area (Å²) in [5.41, 5.74) is 7.92. The van der Waals surface area contributed by atoms with Crippen molar-refractivity contribution in [1.82, 2.24) is 15.5 Å². The van der Waals surface area contributed by atoms with Crippen LogP contribution in [0.5, 0.6) is 0 Å². The fourth-order valence-corrected chi connectivity index (χ4v) is 6.61. The van der Waals surface area contributed by atoms with Gasteiger partial charge in [-0.05, 0) is 63.0 Å². The lowest BCUT2D eigenvalue weighted by molar-refractivity contribution is -0.143. The molecule has 10 nitrogen and oxygen atoms in total. The van der Waals surface area contributed by atoms with E-state index in [2.05, 4.69) is 24.5 Å². The molecule has 1 aromatic carbocycles. The third-order valence-corrected chi connectivity index (χ3v) is 8.54. The number of rotatable bonds is 10. The van der Waals surface area contributed by atoms with E-state index >= 15 is 0 Å². The Balaban J connectivity index is 1.64. The minimum absolute atomic E-state index is 0.0101. The van der Waals surface area contributed by atoms with Gasteiger partial charge in [-0.25, -0.2) is 4.79 Å². The summed E-state index contributed by atoms with van der Waals surface area (Å²) < 4.78 is 5.53. The first kappa shape index (κ1) is 31.3. The van der Waals surface area contributed by atoms with Crippen LogP contribution in [0.3, 0.4) is 0 Å². The van der Waals surface area contributed by atoms with Crippen molar-refractivity contribution in [1.29, 1.82) is 0 Å². The molecule has 10 heteroatoms. The number of amides is 4. The van der Waals surface area contributed by atoms with Crippen molar-refractivity contribution in [2.45, 2.75) is 91.0 Å². The van der Waals surface area contributed by atoms with Gasteiger partial charge < -0.3 is 26.0 Å². The van der Waals surface area contributed by atoms with E-state index in [0.29, 0.717) is 25.8 Å². The number of hydrogen-bond acceptors (Lipinski definition) is 6. The van der Waals surface area contributed by atoms with Crippen LogP contribution in [-0.4, -0.2) is 64.8 Å². The van der Waals surface area contributed by atoms with E-state index in [-0.39, 0.29) is 36.0 Å². The highest BCUT2D eigenvalue weighted by molar-refractivity contribution is 6.37. The second kappa shape index (κ2) is 12.3. The molecule has 4 N–H and O–H groups in total. The van der Waals surface area contributed by atoms with Gasteiger partial charge in [0.25, 0.3) is 5.91 Å². The van der Waals surface area contributed by atoms with Crippen LogP contribution in [-0.2, 0) is 36.8 Å². The molecule has 3 aliphatic rings. The van der Waals surface area contributed by atoms with E-state index in [1.165, 1.54) is 5.57 Å². The standard InChI is InChI=1S/C32H44N4O6/c1-7-10-24(27(37)28(33)38)34-29(39)26-22-15-21(17(2)3)23(22)16-36(26)30(40)25(35-31(41)42-32(4,5)6)20-13-18-11-8-9-12-19(18)14-20/h8-9,11-12,15,17,20,22-26H,7,10,13-14,16H2,1-6H3,(H2,33,38)(H,34,39)(H,35,41)/t22?,23-,24?,25+,26+/m1/s1. The van der Waals surface area contributed by atoms with E-state index in [9.17, 15) is 24.0 Å². The number of likely N-dealkylation sites (tertiary alicyclic amines) is 1. The number of carbonyl (C=O) groups is 5. The number of primary amides is 1. The summed E-state index contributed by atoms with van der Waals surface area (Å²) in [7, 11) is 0. The maximum Gasteiger partial charge on any atom is 0.408 e. The summed E-state index contributed by atoms with van der Waals surface area (Å²) in [4.78, 5) is 67.0. The van der Waals surface area contributed by atoms with Gasteiger partial charge >= 0.3 is 6.09 Å². The van der Waals surface area contributed by atoms with Gasteiger partial charge in [0, 0.05) is 18.4 Å². The number of fused-ring (bicyclic) bond motifs is 2. The lowest BCUT2D eigenvalue weighted by atomic mass is 9.70. The highest BCUT2D eigenvalue weighted by Gasteiger charge is 2.54. The van der Waals surface area contributed by atoms with Crippen molar-refractivity contribution in [2.24, 2.45) is 29.4 Å². The number of ketones is 1. The van der Waals surface area contributed by atoms with Crippen molar-refractivity contribution in [3.8, 4) is 0 Å². The molecular formula is C32H44N4O6. The zero-order chi connectivity index (χ0) is 30.9. The molecule has 1 heterocycles. The number of nitrogens with two attached hydrogens (primary N) is 1. The van der Waals surface area contributed by atoms with E-state index in [4.69, 9.17) is 10.5 Å². The Morgan fingerprint density at radius 1 is 1.05 bits per heavy atom. The average molecular weight is 581 g/mol. The van der Waals surface area contributed by atoms with Crippen molar-refractivity contribution in [3.63, 3.8) is 0 Å². The molecule has 4 rings (SSSR count). The topological polar surface area (TPSA) is 148 Å². The van der Waals surface area contributed by atoms with Crippen LogP contribution in [0.2, 0.25) is 0 Å². The quantitative estimate of drug-likeness (QED) is 0.286. The molecule has 0 aromatic heterocycles. The molecule has 2 unspecified atom stereocenters. The van der Waals surface area contributed by atoms with Crippen LogP contribution in [0.4, 0.5) is 4.79 Å². The molecule has 0 spiro atoms. The smallest absolute Gasteiger partial charge is 0.408 e. The van der Waals surface area contributed by atoms with Gasteiger partial charge in [0.1, 0.15) is 17.7 Å². The van der Waals surface area contributed by atoms with E-state index < -0.39 is 47.4 Å². The Labute approximate surface area is 247 Å². The minimum atomic E-state index is -1.11. The average Bonchev–Trinajstić information content (AvgIpc) is 3.43. The molecule has 5 atom stereocenters. The molecule has 42 heavy (non-hydrogen) atoms. The molecule has 1 saturated heterocycles. The first-order valence-corrected chi connectivity index (χ1v) is 14.9. The summed E-state index contributed by atoms with van der Waals surface area (Å²) in [6.45, 7) is 11.6. The Kier molecular flexibility index (Phi) is 9.13. The van der Waals surface area contributed by atoms with Gasteiger partial charge in [0.15, 0.2) is 0 Å². The van der Waals surface area contributed by atoms with Crippen LogP contribution in [0, 0.1) is 23.7 Å². The molecule has 1 aliphatic heterocycles. The maximum absolute atomic E-state index is 14.5. The molecule has 0 radical (unpaired) electrons. The van der Waals surface area contributed by atoms with Crippen LogP contribution >= 0.6 is 0 Å². The Morgan fingerprint density at radius 3 is 2.19 bits per heavy atom. The zero-order valence-electron chi connectivity index (χ0n) is 25.4. The van der Waals surface area contributed by atoms with Crippen LogP contribution in [0.25, 0.3) is 0 Å². The molecule has 2 aliphatic carbocycles. The van der Waals surface area contributed by atoms with Crippen LogP contribution in [0.15, 0.2) is 35.9 Å². The summed E-state index contributed by atoms with van der Waals surface area (Å²) >= 11 is 0. The summed E-state index contributed by atoms with van der Waals surface area (Å²) in [5, 5.41) is 5.57. The predicted octanol–water partition coefficient (Wildman–Crippen LogP) is 2.67. The fraction of sp³-hybridized carbons (Fsp3) is 0.594. The van der Waals surface area contributed by atoms with Gasteiger partial charge in [0.2, 0.25) is 17.6 Å². The Hall–Kier alpha value is -3.69. The van der Waals surface area contributed by atoms with Crippen molar-refractivity contribution in [2.75, 3.05) is 6.54 Å². The molecule has 0 saturated carbocycles. The SMILES string of the molecule is CCCC(NC(=O)[C@@H]1C2C=C(C(C)C)[C@H]2CN1C(=O)[C@@H](NC(=O)OC(C)(C)C)C1Cc2ccccc2C1)C(=O)C(N)=O. The van der Waals surface area contributed by atoms with Crippen LogP contribution in [0.1, 0.15) is 65.5 Å². The highest BCUT2D eigenvalue weighted by atomic mass is 16.6. The third kappa shape index (κ3) is 6.52. The molecule has 1 fully saturated rings. The van der Waals surface area contributed by atoms with Crippen molar-refractivity contribution < 1.29 is 28.7 Å². The normalized spacial score (nSPS) is 22.8. The van der Waals surface area contributed by atoms with Gasteiger partial charge in [-0.15, -0.1) is 0 Å². The fourth-order valence-electron chi connectivity index (χ4n) is 6.61. The predicted molar refractivity (Wildman–Crippen MR) is 157 cm³/mol. The largest absolute Gasteiger partial charge is 0.444 e. The maximum atomic E-state index is 14.5. The van der Waals surface area contributed by atoms with Crippen molar-refractivity contribution in [3.05, 3.63) is 47.0 Å². The Morgan fingerprint density at radius 2 is 1.67 bits per heavy atom. The number of alkyl carbamates (subject to hydrolysis) is 1. The second-order valence-electron chi connectivity index (χ2n) is 13.1. The molecule has 0 bridgehead atoms. The molecule has 1 aromatic rings. The number of nitrogens with zero attached hydrogens (tertiary/aromatic N) is 1. The molecular weight excluding hydrogens is 536 g/mol. The van der Waals surface area contributed by atoms with Crippen LogP contribution < -0.4 is 16.4 Å². The Bertz CT molecular complexity index is 1260. The summed E-state index contributed by atoms with van der Waals surface area (Å²) in [6.07, 6.45) is 3.33. The summed E-state index contributed by atoms with van der Waals surface area (Å²) in [6, 6.07) is 5.08. The second-order valence-corrected chi connectivity index (χ2v) is 13.1. The first-order valence-electron chi connectivity index (χ1n) is 14.9. The zero-order valence-corrected chi connectivity index (χ0v) is 25.4.